The van der Waals surface area contributed by atoms with Gasteiger partial charge in [0.15, 0.2) is 0 Å². The third-order valence-electron chi connectivity index (χ3n) is 17.1. The molecular formula is C65H112NO13P2S+. The predicted molar refractivity (Wildman–Crippen MR) is 338 cm³/mol. The Labute approximate surface area is 502 Å². The van der Waals surface area contributed by atoms with Crippen LogP contribution in [0.4, 0.5) is 0 Å². The first-order chi connectivity index (χ1) is 37.9. The van der Waals surface area contributed by atoms with Crippen LogP contribution in [0.3, 0.4) is 0 Å². The van der Waals surface area contributed by atoms with Crippen LogP contribution in [0.15, 0.2) is 91.0 Å². The van der Waals surface area contributed by atoms with E-state index in [1.807, 2.05) is 62.6 Å². The van der Waals surface area contributed by atoms with E-state index in [2.05, 4.69) is 145 Å². The Balaban J connectivity index is 1.98. The second-order valence-corrected chi connectivity index (χ2v) is 33.4. The normalized spacial score (nSPS) is 16.8. The van der Waals surface area contributed by atoms with E-state index in [1.54, 1.807) is 28.3 Å². The molecule has 0 saturated carbocycles. The fourth-order valence-corrected chi connectivity index (χ4v) is 15.1. The van der Waals surface area contributed by atoms with Gasteiger partial charge in [0, 0.05) is 47.0 Å². The van der Waals surface area contributed by atoms with Gasteiger partial charge in [0.1, 0.15) is 11.4 Å². The van der Waals surface area contributed by atoms with E-state index in [1.165, 1.54) is 26.0 Å². The van der Waals surface area contributed by atoms with Gasteiger partial charge in [-0.25, -0.2) is 0 Å². The molecule has 0 fully saturated rings. The molecule has 6 atom stereocenters. The van der Waals surface area contributed by atoms with E-state index in [-0.39, 0.29) is 42.4 Å². The maximum Gasteiger partial charge on any atom is 0.456 e. The van der Waals surface area contributed by atoms with Crippen LogP contribution in [-0.4, -0.2) is 112 Å². The van der Waals surface area contributed by atoms with E-state index in [4.69, 9.17) is 61.5 Å². The zero-order valence-electron chi connectivity index (χ0n) is 54.9. The molecule has 82 heavy (non-hydrogen) atoms. The number of hydrogen-bond donors (Lipinski definition) is 1. The molecule has 0 aliphatic heterocycles. The quantitative estimate of drug-likeness (QED) is 0.0423. The van der Waals surface area contributed by atoms with Gasteiger partial charge in [-0.15, -0.1) is 0 Å². The predicted octanol–water partition coefficient (Wildman–Crippen LogP) is 17.3. The lowest BCUT2D eigenvalue weighted by Crippen LogP contribution is -2.46. The van der Waals surface area contributed by atoms with Crippen LogP contribution in [-0.2, 0) is 60.3 Å². The maximum absolute atomic E-state index is 13.4. The largest absolute Gasteiger partial charge is 0.456 e. The molecule has 6 unspecified atom stereocenters. The zero-order chi connectivity index (χ0) is 62.1. The Morgan fingerprint density at radius 1 is 0.512 bits per heavy atom. The number of thioether (sulfide) groups is 1. The minimum absolute atomic E-state index is 0.157. The highest BCUT2D eigenvalue weighted by atomic mass is 32.2. The third-order valence-corrected chi connectivity index (χ3v) is 24.2. The van der Waals surface area contributed by atoms with Gasteiger partial charge in [0.05, 0.1) is 87.5 Å². The van der Waals surface area contributed by atoms with Crippen LogP contribution in [0.25, 0.3) is 0 Å². The highest BCUT2D eigenvalue weighted by Crippen LogP contribution is 2.74. The molecule has 0 radical (unpaired) electrons. The molecule has 0 amide bonds. The molecule has 0 aliphatic carbocycles. The third kappa shape index (κ3) is 20.9. The number of benzene rings is 3. The summed E-state index contributed by atoms with van der Waals surface area (Å²) >= 11 is 1.51. The minimum Gasteiger partial charge on any atom is -0.374 e. The first-order valence-electron chi connectivity index (χ1n) is 29.3. The van der Waals surface area contributed by atoms with Gasteiger partial charge in [-0.2, -0.15) is 13.6 Å². The van der Waals surface area contributed by atoms with E-state index in [9.17, 15) is 4.57 Å². The molecule has 3 aromatic rings. The summed E-state index contributed by atoms with van der Waals surface area (Å²) < 4.78 is 89.6. The summed E-state index contributed by atoms with van der Waals surface area (Å²) in [4.78, 5) is 0. The second kappa shape index (κ2) is 31.4. The van der Waals surface area contributed by atoms with Crippen molar-refractivity contribution in [3.8, 4) is 0 Å². The Kier molecular flexibility index (Phi) is 28.5. The monoisotopic (exact) mass is 1210 g/mol. The van der Waals surface area contributed by atoms with Crippen LogP contribution in [0.2, 0.25) is 0 Å². The zero-order valence-corrected chi connectivity index (χ0v) is 57.5. The molecule has 14 nitrogen and oxygen atoms in total. The average Bonchev–Trinajstić information content (AvgIpc) is 3.63. The van der Waals surface area contributed by atoms with Crippen molar-refractivity contribution in [2.45, 2.75) is 225 Å². The molecule has 0 spiro atoms. The van der Waals surface area contributed by atoms with Gasteiger partial charge in [0.25, 0.3) is 0 Å². The van der Waals surface area contributed by atoms with Crippen molar-refractivity contribution in [2.24, 2.45) is 16.6 Å². The molecule has 2 N–H and O–H groups in total. The lowest BCUT2D eigenvalue weighted by atomic mass is 9.73. The molecule has 0 saturated heterocycles. The Hall–Kier alpha value is -1.85. The molecule has 3 aromatic carbocycles. The van der Waals surface area contributed by atoms with Crippen molar-refractivity contribution in [2.75, 3.05) is 68.2 Å². The summed E-state index contributed by atoms with van der Waals surface area (Å²) in [6, 6.07) is 31.1. The van der Waals surface area contributed by atoms with E-state index < -0.39 is 59.6 Å². The fourth-order valence-electron chi connectivity index (χ4n) is 10.3. The summed E-state index contributed by atoms with van der Waals surface area (Å²) in [5, 5.41) is -1.15. The van der Waals surface area contributed by atoms with Crippen molar-refractivity contribution >= 4 is 27.3 Å². The molecule has 0 aliphatic rings. The topological polar surface area (TPSA) is 154 Å². The number of ether oxygens (including phenoxy) is 7. The van der Waals surface area contributed by atoms with Crippen LogP contribution in [0.5, 0.6) is 0 Å². The molecular weight excluding hydrogens is 1100 g/mol. The number of rotatable bonds is 41. The van der Waals surface area contributed by atoms with Crippen molar-refractivity contribution in [1.82, 2.24) is 0 Å². The summed E-state index contributed by atoms with van der Waals surface area (Å²) in [6.45, 7) is 37.5. The smallest absolute Gasteiger partial charge is 0.374 e. The van der Waals surface area contributed by atoms with Gasteiger partial charge in [-0.05, 0) is 136 Å². The van der Waals surface area contributed by atoms with E-state index in [0.717, 1.165) is 23.1 Å². The van der Waals surface area contributed by atoms with Crippen molar-refractivity contribution in [3.63, 3.8) is 0 Å². The van der Waals surface area contributed by atoms with Crippen LogP contribution >= 0.6 is 27.3 Å². The molecule has 0 aromatic heterocycles. The summed E-state index contributed by atoms with van der Waals surface area (Å²) in [5.41, 5.74) is 5.83. The Bertz CT molecular complexity index is 2320. The SMILES string of the molecule is CCOC(CC(C)(C)OCC(COC(C)(C)CC(OC(C)(C)C(C)(C)CCOC(C)(SC)[P+](OC)(OC)OC)c1ccccc1)OC(C)(C)CC(OC(C)(C)C(C)(C)CCCC(C)(N)P(=O)(OC)OC)c1ccccc1)c1ccccc1. The van der Waals surface area contributed by atoms with Crippen molar-refractivity contribution in [1.29, 1.82) is 0 Å². The van der Waals surface area contributed by atoms with Crippen LogP contribution < -0.4 is 5.73 Å². The van der Waals surface area contributed by atoms with Gasteiger partial charge in [0.2, 0.25) is 0 Å². The average molecular weight is 1210 g/mol. The highest BCUT2D eigenvalue weighted by molar-refractivity contribution is 8.06. The minimum atomic E-state index is -3.51. The number of nitrogens with two attached hydrogens (primary N) is 1. The maximum atomic E-state index is 13.4. The van der Waals surface area contributed by atoms with E-state index in [0.29, 0.717) is 51.7 Å². The first kappa shape index (κ1) is 74.4. The molecule has 470 valence electrons. The first-order valence-corrected chi connectivity index (χ1v) is 33.6. The Morgan fingerprint density at radius 3 is 1.27 bits per heavy atom. The summed E-state index contributed by atoms with van der Waals surface area (Å²) in [7, 11) is 1.23. The van der Waals surface area contributed by atoms with Crippen molar-refractivity contribution in [3.05, 3.63) is 108 Å². The molecule has 0 heterocycles. The van der Waals surface area contributed by atoms with Gasteiger partial charge in [-0.3, -0.25) is 4.57 Å². The van der Waals surface area contributed by atoms with Crippen molar-refractivity contribution < 1.29 is 60.3 Å². The standard InChI is InChI=1S/C65H112NO13P2S/c1-24-73-54(50-35-28-25-29-36-50)45-59(6,7)75-48-53(77-61(10,11)47-56(52-39-32-27-33-40-52)79-62(12,13)57(2,3)41-34-42-64(16,66)80(67,68-18)69-19)49-76-60(8,9)46-55(51-37-30-26-31-38-51)78-63(14,15)58(4,5)43-44-74-65(17,82-23)81(70-20,71-21)72-22/h25-33,35-40,53-56H,24,34,41-49,66H2,1-23H3/q+1. The van der Waals surface area contributed by atoms with Crippen LogP contribution in [0, 0.1) is 10.8 Å². The lowest BCUT2D eigenvalue weighted by molar-refractivity contribution is -0.201. The summed E-state index contributed by atoms with van der Waals surface area (Å²) in [5.74, 6) is 0. The molecule has 17 heteroatoms. The van der Waals surface area contributed by atoms with Gasteiger partial charge in [-0.1, -0.05) is 137 Å². The number of hydrogen-bond acceptors (Lipinski definition) is 15. The Morgan fingerprint density at radius 2 is 0.890 bits per heavy atom. The fraction of sp³-hybridized carbons (Fsp3) is 0.723. The molecule has 0 bridgehead atoms. The summed E-state index contributed by atoms with van der Waals surface area (Å²) in [6.07, 6.45) is 4.91. The van der Waals surface area contributed by atoms with Gasteiger partial charge < -0.3 is 47.9 Å². The van der Waals surface area contributed by atoms with Gasteiger partial charge >= 0.3 is 20.2 Å². The lowest BCUT2D eigenvalue weighted by Gasteiger charge is -2.46. The molecule has 3 rings (SSSR count). The van der Waals surface area contributed by atoms with Crippen LogP contribution in [0.1, 0.15) is 198 Å². The highest BCUT2D eigenvalue weighted by Gasteiger charge is 2.63. The second-order valence-electron chi connectivity index (χ2n) is 26.2. The van der Waals surface area contributed by atoms with E-state index >= 15 is 0 Å².